The molecule has 0 radical (unpaired) electrons. The molecule has 0 spiro atoms. The van der Waals surface area contributed by atoms with E-state index in [1.807, 2.05) is 20.2 Å². The topological polar surface area (TPSA) is 54.8 Å². The summed E-state index contributed by atoms with van der Waals surface area (Å²) in [5.74, 6) is 1.13. The van der Waals surface area contributed by atoms with Crippen LogP contribution in [0.25, 0.3) is 0 Å². The van der Waals surface area contributed by atoms with Crippen molar-refractivity contribution in [3.05, 3.63) is 28.0 Å². The summed E-state index contributed by atoms with van der Waals surface area (Å²) in [4.78, 5) is 4.35. The second-order valence-electron chi connectivity index (χ2n) is 4.04. The van der Waals surface area contributed by atoms with E-state index in [0.717, 1.165) is 17.8 Å². The van der Waals surface area contributed by atoms with Crippen molar-refractivity contribution in [1.82, 2.24) is 14.8 Å². The molecular weight excluding hydrogens is 285 g/mol. The van der Waals surface area contributed by atoms with Crippen LogP contribution in [0.5, 0.6) is 0 Å². The predicted molar refractivity (Wildman–Crippen MR) is 79.7 cm³/mol. The quantitative estimate of drug-likeness (QED) is 0.908. The van der Waals surface area contributed by atoms with Crippen molar-refractivity contribution >= 4 is 40.5 Å². The Labute approximate surface area is 121 Å². The van der Waals surface area contributed by atoms with Crippen LogP contribution in [0.4, 0.5) is 17.3 Å². The van der Waals surface area contributed by atoms with E-state index in [4.69, 9.17) is 23.2 Å². The highest BCUT2D eigenvalue weighted by molar-refractivity contribution is 6.37. The summed E-state index contributed by atoms with van der Waals surface area (Å²) >= 11 is 12.2. The van der Waals surface area contributed by atoms with Crippen LogP contribution >= 0.6 is 23.2 Å². The average molecular weight is 300 g/mol. The van der Waals surface area contributed by atoms with Gasteiger partial charge in [0.15, 0.2) is 5.82 Å². The first-order valence-corrected chi connectivity index (χ1v) is 6.64. The van der Waals surface area contributed by atoms with Gasteiger partial charge in [-0.3, -0.25) is 4.68 Å². The lowest BCUT2D eigenvalue weighted by Gasteiger charge is -2.10. The highest BCUT2D eigenvalue weighted by Gasteiger charge is 2.12. The van der Waals surface area contributed by atoms with Gasteiger partial charge in [0.1, 0.15) is 5.82 Å². The molecule has 2 aromatic heterocycles. The van der Waals surface area contributed by atoms with Crippen molar-refractivity contribution < 1.29 is 0 Å². The summed E-state index contributed by atoms with van der Waals surface area (Å²) < 4.78 is 1.75. The van der Waals surface area contributed by atoms with E-state index < -0.39 is 0 Å². The minimum Gasteiger partial charge on any atom is -0.372 e. The standard InChI is InChI=1S/C12H15Cl2N5/c1-4-9-10(6-19(3)18-9)16-12-8(14)5-7(13)11(15-2)17-12/h5-6H,4H2,1-3H3,(H2,15,16,17). The number of hydrogen-bond donors (Lipinski definition) is 2. The number of pyridine rings is 1. The monoisotopic (exact) mass is 299 g/mol. The number of nitrogens with zero attached hydrogens (tertiary/aromatic N) is 3. The van der Waals surface area contributed by atoms with Crippen molar-refractivity contribution in [1.29, 1.82) is 0 Å². The van der Waals surface area contributed by atoms with Crippen molar-refractivity contribution in [3.8, 4) is 0 Å². The smallest absolute Gasteiger partial charge is 0.151 e. The van der Waals surface area contributed by atoms with E-state index in [1.165, 1.54) is 0 Å². The second kappa shape index (κ2) is 5.67. The van der Waals surface area contributed by atoms with Crippen LogP contribution in [0.1, 0.15) is 12.6 Å². The number of hydrogen-bond acceptors (Lipinski definition) is 4. The molecule has 19 heavy (non-hydrogen) atoms. The number of rotatable bonds is 4. The van der Waals surface area contributed by atoms with Crippen LogP contribution in [0.15, 0.2) is 12.3 Å². The van der Waals surface area contributed by atoms with Gasteiger partial charge in [-0.05, 0) is 12.5 Å². The van der Waals surface area contributed by atoms with Gasteiger partial charge in [-0.25, -0.2) is 4.98 Å². The van der Waals surface area contributed by atoms with E-state index in [0.29, 0.717) is 21.7 Å². The maximum absolute atomic E-state index is 6.15. The molecule has 2 rings (SSSR count). The van der Waals surface area contributed by atoms with Crippen molar-refractivity contribution in [2.24, 2.45) is 7.05 Å². The molecule has 0 saturated heterocycles. The maximum Gasteiger partial charge on any atom is 0.151 e. The summed E-state index contributed by atoms with van der Waals surface area (Å²) in [6.07, 6.45) is 2.72. The zero-order valence-corrected chi connectivity index (χ0v) is 12.5. The number of halogens is 2. The molecule has 0 aromatic carbocycles. The Bertz CT molecular complexity index is 594. The summed E-state index contributed by atoms with van der Waals surface area (Å²) in [6, 6.07) is 1.66. The molecule has 0 aliphatic heterocycles. The van der Waals surface area contributed by atoms with E-state index in [9.17, 15) is 0 Å². The molecule has 2 heterocycles. The summed E-state index contributed by atoms with van der Waals surface area (Å²) in [6.45, 7) is 2.05. The Morgan fingerprint density at radius 1 is 1.26 bits per heavy atom. The molecule has 0 fully saturated rings. The van der Waals surface area contributed by atoms with Gasteiger partial charge < -0.3 is 10.6 Å². The van der Waals surface area contributed by atoms with Crippen molar-refractivity contribution in [2.75, 3.05) is 17.7 Å². The molecule has 0 amide bonds. The van der Waals surface area contributed by atoms with Gasteiger partial charge in [-0.2, -0.15) is 5.10 Å². The number of aromatic nitrogens is 3. The first kappa shape index (κ1) is 14.0. The van der Waals surface area contributed by atoms with Gasteiger partial charge in [0.2, 0.25) is 0 Å². The molecule has 0 bridgehead atoms. The molecule has 7 heteroatoms. The number of nitrogens with one attached hydrogen (secondary N) is 2. The Morgan fingerprint density at radius 3 is 2.58 bits per heavy atom. The van der Waals surface area contributed by atoms with E-state index >= 15 is 0 Å². The molecule has 2 aromatic rings. The Morgan fingerprint density at radius 2 is 1.95 bits per heavy atom. The van der Waals surface area contributed by atoms with Gasteiger partial charge >= 0.3 is 0 Å². The molecule has 0 aliphatic carbocycles. The van der Waals surface area contributed by atoms with Crippen LogP contribution in [0, 0.1) is 0 Å². The van der Waals surface area contributed by atoms with Gasteiger partial charge in [-0.1, -0.05) is 30.1 Å². The van der Waals surface area contributed by atoms with E-state index in [2.05, 4.69) is 20.7 Å². The lowest BCUT2D eigenvalue weighted by Crippen LogP contribution is -2.00. The number of anilines is 3. The zero-order valence-electron chi connectivity index (χ0n) is 11.0. The van der Waals surface area contributed by atoms with Gasteiger partial charge in [0, 0.05) is 20.3 Å². The molecular formula is C12H15Cl2N5. The lowest BCUT2D eigenvalue weighted by atomic mass is 10.3. The molecule has 2 N–H and O–H groups in total. The second-order valence-corrected chi connectivity index (χ2v) is 4.86. The van der Waals surface area contributed by atoms with Gasteiger partial charge in [0.25, 0.3) is 0 Å². The fraction of sp³-hybridized carbons (Fsp3) is 0.333. The molecule has 0 saturated carbocycles. The summed E-state index contributed by atoms with van der Waals surface area (Å²) in [7, 11) is 3.63. The lowest BCUT2D eigenvalue weighted by molar-refractivity contribution is 0.746. The molecule has 0 aliphatic rings. The number of aryl methyl sites for hydroxylation is 2. The van der Waals surface area contributed by atoms with E-state index in [1.54, 1.807) is 17.8 Å². The Hall–Kier alpha value is -1.46. The van der Waals surface area contributed by atoms with Gasteiger partial charge in [0.05, 0.1) is 21.4 Å². The SMILES string of the molecule is CCc1nn(C)cc1Nc1nc(NC)c(Cl)cc1Cl. The fourth-order valence-electron chi connectivity index (χ4n) is 1.76. The van der Waals surface area contributed by atoms with Crippen LogP contribution in [0.3, 0.4) is 0 Å². The van der Waals surface area contributed by atoms with Crippen LogP contribution in [0.2, 0.25) is 10.0 Å². The molecule has 0 atom stereocenters. The fourth-order valence-corrected chi connectivity index (χ4v) is 2.26. The largest absolute Gasteiger partial charge is 0.372 e. The summed E-state index contributed by atoms with van der Waals surface area (Å²) in [5, 5.41) is 11.4. The van der Waals surface area contributed by atoms with Crippen molar-refractivity contribution in [3.63, 3.8) is 0 Å². The molecule has 5 nitrogen and oxygen atoms in total. The zero-order chi connectivity index (χ0) is 14.0. The van der Waals surface area contributed by atoms with Gasteiger partial charge in [-0.15, -0.1) is 0 Å². The minimum atomic E-state index is 0.468. The Kier molecular flexibility index (Phi) is 4.17. The van der Waals surface area contributed by atoms with Crippen LogP contribution in [-0.2, 0) is 13.5 Å². The minimum absolute atomic E-state index is 0.468. The van der Waals surface area contributed by atoms with Crippen molar-refractivity contribution in [2.45, 2.75) is 13.3 Å². The summed E-state index contributed by atoms with van der Waals surface area (Å²) in [5.41, 5.74) is 1.85. The predicted octanol–water partition coefficient (Wildman–Crippen LogP) is 3.47. The normalized spacial score (nSPS) is 10.6. The molecule has 0 unspecified atom stereocenters. The first-order valence-electron chi connectivity index (χ1n) is 5.88. The Balaban J connectivity index is 2.37. The highest BCUT2D eigenvalue weighted by Crippen LogP contribution is 2.31. The third kappa shape index (κ3) is 2.93. The van der Waals surface area contributed by atoms with Crippen LogP contribution in [-0.4, -0.2) is 21.8 Å². The highest BCUT2D eigenvalue weighted by atomic mass is 35.5. The maximum atomic E-state index is 6.15. The first-order chi connectivity index (χ1) is 9.05. The molecule has 102 valence electrons. The van der Waals surface area contributed by atoms with Crippen LogP contribution < -0.4 is 10.6 Å². The third-order valence-electron chi connectivity index (χ3n) is 2.66. The average Bonchev–Trinajstić information content (AvgIpc) is 2.73. The third-order valence-corrected chi connectivity index (χ3v) is 3.24. The van der Waals surface area contributed by atoms with E-state index in [-0.39, 0.29) is 0 Å².